The number of benzene rings is 1. The first-order valence-corrected chi connectivity index (χ1v) is 6.54. The van der Waals surface area contributed by atoms with E-state index >= 15 is 0 Å². The van der Waals surface area contributed by atoms with Crippen molar-refractivity contribution in [2.24, 2.45) is 0 Å². The molecule has 2 unspecified atom stereocenters. The average Bonchev–Trinajstić information content (AvgIpc) is 2.58. The van der Waals surface area contributed by atoms with E-state index in [1.807, 2.05) is 31.2 Å². The standard InChI is InChI=1S/C13H15BrO4/c1-13(7-9-3-2-4-10(14)5-9)17-8-11(18-13)6-12(15)16/h2-5,11H,6-8H2,1H3,(H,15,16). The molecule has 0 aliphatic carbocycles. The molecule has 1 aliphatic rings. The maximum atomic E-state index is 10.6. The Balaban J connectivity index is 1.99. The lowest BCUT2D eigenvalue weighted by molar-refractivity contribution is -0.158. The molecule has 1 aromatic carbocycles. The zero-order valence-corrected chi connectivity index (χ0v) is 11.6. The van der Waals surface area contributed by atoms with Gasteiger partial charge in [0.15, 0.2) is 5.79 Å². The third kappa shape index (κ3) is 3.54. The molecule has 1 aliphatic heterocycles. The molecule has 1 N–H and O–H groups in total. The van der Waals surface area contributed by atoms with Gasteiger partial charge in [0.05, 0.1) is 19.1 Å². The van der Waals surface area contributed by atoms with E-state index < -0.39 is 11.8 Å². The highest BCUT2D eigenvalue weighted by Crippen LogP contribution is 2.29. The topological polar surface area (TPSA) is 55.8 Å². The van der Waals surface area contributed by atoms with Crippen molar-refractivity contribution in [3.05, 3.63) is 34.3 Å². The molecular weight excluding hydrogens is 300 g/mol. The van der Waals surface area contributed by atoms with Crippen LogP contribution < -0.4 is 0 Å². The van der Waals surface area contributed by atoms with Gasteiger partial charge in [0.2, 0.25) is 0 Å². The summed E-state index contributed by atoms with van der Waals surface area (Å²) in [5, 5.41) is 8.73. The third-order valence-corrected chi connectivity index (χ3v) is 3.30. The molecule has 0 radical (unpaired) electrons. The van der Waals surface area contributed by atoms with Crippen LogP contribution in [-0.2, 0) is 20.7 Å². The van der Waals surface area contributed by atoms with Gasteiger partial charge in [-0.3, -0.25) is 4.79 Å². The second-order valence-electron chi connectivity index (χ2n) is 4.59. The van der Waals surface area contributed by atoms with Crippen molar-refractivity contribution >= 4 is 21.9 Å². The Hall–Kier alpha value is -0.910. The van der Waals surface area contributed by atoms with Crippen molar-refractivity contribution < 1.29 is 19.4 Å². The van der Waals surface area contributed by atoms with E-state index in [1.165, 1.54) is 0 Å². The predicted octanol–water partition coefficient (Wildman–Crippen LogP) is 2.60. The van der Waals surface area contributed by atoms with Gasteiger partial charge in [-0.25, -0.2) is 0 Å². The molecular formula is C13H15BrO4. The minimum Gasteiger partial charge on any atom is -0.481 e. The number of carboxylic acid groups (broad SMARTS) is 1. The van der Waals surface area contributed by atoms with Crippen LogP contribution in [0.15, 0.2) is 28.7 Å². The Bertz CT molecular complexity index is 448. The van der Waals surface area contributed by atoms with Gasteiger partial charge in [0, 0.05) is 10.9 Å². The van der Waals surface area contributed by atoms with E-state index in [0.717, 1.165) is 10.0 Å². The van der Waals surface area contributed by atoms with Crippen molar-refractivity contribution in [1.29, 1.82) is 0 Å². The zero-order chi connectivity index (χ0) is 13.2. The van der Waals surface area contributed by atoms with Crippen LogP contribution in [0.5, 0.6) is 0 Å². The lowest BCUT2D eigenvalue weighted by atomic mass is 10.1. The molecule has 0 aromatic heterocycles. The van der Waals surface area contributed by atoms with E-state index in [-0.39, 0.29) is 12.5 Å². The van der Waals surface area contributed by atoms with Crippen LogP contribution >= 0.6 is 15.9 Å². The number of hydrogen-bond donors (Lipinski definition) is 1. The van der Waals surface area contributed by atoms with E-state index in [1.54, 1.807) is 0 Å². The van der Waals surface area contributed by atoms with Gasteiger partial charge in [-0.05, 0) is 24.6 Å². The van der Waals surface area contributed by atoms with Gasteiger partial charge < -0.3 is 14.6 Å². The summed E-state index contributed by atoms with van der Waals surface area (Å²) in [5.41, 5.74) is 1.09. The Kier molecular flexibility index (Phi) is 4.04. The van der Waals surface area contributed by atoms with Gasteiger partial charge in [0.25, 0.3) is 0 Å². The minimum atomic E-state index is -0.865. The van der Waals surface area contributed by atoms with E-state index in [9.17, 15) is 4.79 Å². The second kappa shape index (κ2) is 5.38. The molecule has 1 saturated heterocycles. The Morgan fingerprint density at radius 1 is 1.61 bits per heavy atom. The summed E-state index contributed by atoms with van der Waals surface area (Å²) >= 11 is 3.41. The fourth-order valence-corrected chi connectivity index (χ4v) is 2.54. The highest BCUT2D eigenvalue weighted by Gasteiger charge is 2.38. The SMILES string of the molecule is CC1(Cc2cccc(Br)c2)OCC(CC(=O)O)O1. The molecule has 0 saturated carbocycles. The van der Waals surface area contributed by atoms with Gasteiger partial charge in [-0.2, -0.15) is 0 Å². The monoisotopic (exact) mass is 314 g/mol. The molecule has 0 amide bonds. The summed E-state index contributed by atoms with van der Waals surface area (Å²) in [5.74, 6) is -1.60. The predicted molar refractivity (Wildman–Crippen MR) is 69.3 cm³/mol. The second-order valence-corrected chi connectivity index (χ2v) is 5.50. The van der Waals surface area contributed by atoms with Crippen molar-refractivity contribution in [2.75, 3.05) is 6.61 Å². The van der Waals surface area contributed by atoms with Crippen molar-refractivity contribution in [3.63, 3.8) is 0 Å². The first kappa shape index (κ1) is 13.5. The summed E-state index contributed by atoms with van der Waals surface area (Å²) in [6.45, 7) is 2.17. The first-order valence-electron chi connectivity index (χ1n) is 5.75. The number of carboxylic acids is 1. The molecule has 1 heterocycles. The number of halogens is 1. The highest BCUT2D eigenvalue weighted by molar-refractivity contribution is 9.10. The van der Waals surface area contributed by atoms with Crippen LogP contribution in [0, 0.1) is 0 Å². The van der Waals surface area contributed by atoms with Crippen molar-refractivity contribution in [1.82, 2.24) is 0 Å². The molecule has 2 rings (SSSR count). The number of hydrogen-bond acceptors (Lipinski definition) is 3. The fraction of sp³-hybridized carbons (Fsp3) is 0.462. The molecule has 18 heavy (non-hydrogen) atoms. The lowest BCUT2D eigenvalue weighted by Gasteiger charge is -2.23. The third-order valence-electron chi connectivity index (χ3n) is 2.81. The summed E-state index contributed by atoms with van der Waals surface area (Å²) < 4.78 is 12.3. The Labute approximate surface area is 114 Å². The normalized spacial score (nSPS) is 27.3. The maximum absolute atomic E-state index is 10.6. The molecule has 0 spiro atoms. The zero-order valence-electron chi connectivity index (χ0n) is 10.1. The molecule has 1 fully saturated rings. The quantitative estimate of drug-likeness (QED) is 0.928. The molecule has 0 bridgehead atoms. The minimum absolute atomic E-state index is 0.0198. The van der Waals surface area contributed by atoms with Crippen LogP contribution in [0.1, 0.15) is 18.9 Å². The van der Waals surface area contributed by atoms with Crippen LogP contribution in [0.4, 0.5) is 0 Å². The first-order chi connectivity index (χ1) is 8.47. The largest absolute Gasteiger partial charge is 0.481 e. The van der Waals surface area contributed by atoms with E-state index in [4.69, 9.17) is 14.6 Å². The molecule has 2 atom stereocenters. The number of rotatable bonds is 4. The smallest absolute Gasteiger partial charge is 0.306 e. The van der Waals surface area contributed by atoms with Gasteiger partial charge >= 0.3 is 5.97 Å². The van der Waals surface area contributed by atoms with Gasteiger partial charge in [0.1, 0.15) is 0 Å². The van der Waals surface area contributed by atoms with Crippen LogP contribution in [0.3, 0.4) is 0 Å². The van der Waals surface area contributed by atoms with Crippen molar-refractivity contribution in [3.8, 4) is 0 Å². The summed E-state index contributed by atoms with van der Waals surface area (Å²) in [6.07, 6.45) is 0.219. The van der Waals surface area contributed by atoms with Gasteiger partial charge in [-0.15, -0.1) is 0 Å². The Morgan fingerprint density at radius 2 is 2.39 bits per heavy atom. The van der Waals surface area contributed by atoms with E-state index in [2.05, 4.69) is 15.9 Å². The van der Waals surface area contributed by atoms with Crippen LogP contribution in [0.25, 0.3) is 0 Å². The van der Waals surface area contributed by atoms with Gasteiger partial charge in [-0.1, -0.05) is 28.1 Å². The summed E-state index contributed by atoms with van der Waals surface area (Å²) in [4.78, 5) is 10.6. The molecule has 98 valence electrons. The van der Waals surface area contributed by atoms with E-state index in [0.29, 0.717) is 13.0 Å². The van der Waals surface area contributed by atoms with Crippen LogP contribution in [0.2, 0.25) is 0 Å². The lowest BCUT2D eigenvalue weighted by Crippen LogP contribution is -2.30. The number of carbonyl (C=O) groups is 1. The summed E-state index contributed by atoms with van der Waals surface area (Å²) in [7, 11) is 0. The number of ether oxygens (including phenoxy) is 2. The average molecular weight is 315 g/mol. The van der Waals surface area contributed by atoms with Crippen LogP contribution in [-0.4, -0.2) is 29.6 Å². The fourth-order valence-electron chi connectivity index (χ4n) is 2.10. The maximum Gasteiger partial charge on any atom is 0.306 e. The van der Waals surface area contributed by atoms with Crippen molar-refractivity contribution in [2.45, 2.75) is 31.7 Å². The molecule has 5 heteroatoms. The molecule has 4 nitrogen and oxygen atoms in total. The number of aliphatic carboxylic acids is 1. The molecule has 1 aromatic rings. The Morgan fingerprint density at radius 3 is 3.06 bits per heavy atom. The highest BCUT2D eigenvalue weighted by atomic mass is 79.9. The summed E-state index contributed by atoms with van der Waals surface area (Å²) in [6, 6.07) is 7.90.